The maximum atomic E-state index is 13.3. The van der Waals surface area contributed by atoms with Gasteiger partial charge in [0.1, 0.15) is 0 Å². The largest absolute Gasteiger partial charge is 0.361 e. The van der Waals surface area contributed by atoms with Crippen LogP contribution in [0.3, 0.4) is 0 Å². The lowest BCUT2D eigenvalue weighted by Gasteiger charge is -2.33. The van der Waals surface area contributed by atoms with E-state index < -0.39 is 0 Å². The van der Waals surface area contributed by atoms with Crippen molar-refractivity contribution in [3.8, 4) is 22.3 Å². The number of halogens is 2. The third-order valence-corrected chi connectivity index (χ3v) is 13.2. The van der Waals surface area contributed by atoms with Crippen molar-refractivity contribution in [2.75, 3.05) is 52.4 Å². The van der Waals surface area contributed by atoms with Gasteiger partial charge in [-0.1, -0.05) is 59.2 Å². The van der Waals surface area contributed by atoms with Gasteiger partial charge in [0.2, 0.25) is 23.6 Å². The zero-order chi connectivity index (χ0) is 41.2. The molecule has 0 aliphatic carbocycles. The molecule has 10 nitrogen and oxygen atoms in total. The molecule has 4 heterocycles. The average molecular weight is 846 g/mol. The molecule has 0 saturated carbocycles. The van der Waals surface area contributed by atoms with Crippen molar-refractivity contribution in [1.29, 1.82) is 0 Å². The molecular formula is C46H42Cl2N6O4S. The monoisotopic (exact) mass is 844 g/mol. The van der Waals surface area contributed by atoms with Crippen LogP contribution in [-0.4, -0.2) is 106 Å². The number of hydrogen-bond acceptors (Lipinski definition) is 5. The Morgan fingerprint density at radius 3 is 1.32 bits per heavy atom. The number of nitrogens with zero attached hydrogens (tertiary/aromatic N) is 4. The zero-order valence-electron chi connectivity index (χ0n) is 32.6. The van der Waals surface area contributed by atoms with Crippen LogP contribution < -0.4 is 0 Å². The lowest BCUT2D eigenvalue weighted by atomic mass is 9.98. The summed E-state index contributed by atoms with van der Waals surface area (Å²) < 4.78 is 0. The van der Waals surface area contributed by atoms with E-state index in [2.05, 4.69) is 22.1 Å². The predicted molar refractivity (Wildman–Crippen MR) is 237 cm³/mol. The first-order valence-electron chi connectivity index (χ1n) is 19.5. The number of benzene rings is 4. The van der Waals surface area contributed by atoms with Crippen molar-refractivity contribution in [1.82, 2.24) is 29.6 Å². The van der Waals surface area contributed by atoms with Crippen LogP contribution in [0.25, 0.3) is 56.2 Å². The second-order valence-electron chi connectivity index (χ2n) is 14.7. The SMILES string of the molecule is CC(=O)N1CCN(C(=O)/C=C/c2ccc(Sc3ccc(/C=C/C(=O)N4CCN(C(C)=O)CC4)c(-c4ccc5[nH]ccc5c4)c3Cl)c(Cl)c2-c2ccc3[nH]ccc3c2)CC1. The third kappa shape index (κ3) is 8.55. The molecule has 0 radical (unpaired) electrons. The smallest absolute Gasteiger partial charge is 0.246 e. The van der Waals surface area contributed by atoms with Crippen molar-refractivity contribution < 1.29 is 19.2 Å². The topological polar surface area (TPSA) is 113 Å². The first-order chi connectivity index (χ1) is 28.5. The Morgan fingerprint density at radius 1 is 0.542 bits per heavy atom. The molecule has 59 heavy (non-hydrogen) atoms. The zero-order valence-corrected chi connectivity index (χ0v) is 35.0. The number of nitrogens with one attached hydrogen (secondary N) is 2. The Hall–Kier alpha value is -5.75. The number of H-pyrrole nitrogens is 2. The maximum absolute atomic E-state index is 13.3. The number of carbonyl (C=O) groups excluding carboxylic acids is 4. The van der Waals surface area contributed by atoms with Gasteiger partial charge in [-0.2, -0.15) is 0 Å². The highest BCUT2D eigenvalue weighted by atomic mass is 35.5. The number of carbonyl (C=O) groups is 4. The quantitative estimate of drug-likeness (QED) is 0.149. The van der Waals surface area contributed by atoms with E-state index in [0.717, 1.165) is 65.0 Å². The highest BCUT2D eigenvalue weighted by Crippen LogP contribution is 2.47. The molecule has 2 aromatic heterocycles. The van der Waals surface area contributed by atoms with Gasteiger partial charge in [0.25, 0.3) is 0 Å². The summed E-state index contributed by atoms with van der Waals surface area (Å²) in [6.07, 6.45) is 10.6. The van der Waals surface area contributed by atoms with Crippen molar-refractivity contribution >= 4 is 92.6 Å². The first kappa shape index (κ1) is 40.0. The molecule has 300 valence electrons. The molecule has 2 saturated heterocycles. The minimum atomic E-state index is -0.127. The molecular weight excluding hydrogens is 804 g/mol. The molecule has 4 amide bonds. The van der Waals surface area contributed by atoms with Crippen LogP contribution in [0.5, 0.6) is 0 Å². The summed E-state index contributed by atoms with van der Waals surface area (Å²) in [5.74, 6) is -0.230. The summed E-state index contributed by atoms with van der Waals surface area (Å²) in [6, 6.07) is 24.1. The van der Waals surface area contributed by atoms with Crippen LogP contribution in [0, 0.1) is 0 Å². The number of aromatic amines is 2. The number of aromatic nitrogens is 2. The number of fused-ring (bicyclic) bond motifs is 2. The van der Waals surface area contributed by atoms with Crippen LogP contribution in [0.15, 0.2) is 107 Å². The Labute approximate surface area is 356 Å². The van der Waals surface area contributed by atoms with Crippen molar-refractivity contribution in [2.24, 2.45) is 0 Å². The van der Waals surface area contributed by atoms with E-state index in [1.54, 1.807) is 45.6 Å². The van der Waals surface area contributed by atoms with E-state index in [0.29, 0.717) is 62.4 Å². The summed E-state index contributed by atoms with van der Waals surface area (Å²) in [6.45, 7) is 7.03. The molecule has 8 rings (SSSR count). The molecule has 2 N–H and O–H groups in total. The second kappa shape index (κ2) is 17.2. The highest BCUT2D eigenvalue weighted by Gasteiger charge is 2.24. The summed E-state index contributed by atoms with van der Waals surface area (Å²) in [7, 11) is 0. The summed E-state index contributed by atoms with van der Waals surface area (Å²) in [5, 5.41) is 3.08. The van der Waals surface area contributed by atoms with E-state index in [9.17, 15) is 19.2 Å². The van der Waals surface area contributed by atoms with E-state index >= 15 is 0 Å². The Balaban J connectivity index is 1.13. The third-order valence-electron chi connectivity index (χ3n) is 11.1. The van der Waals surface area contributed by atoms with Gasteiger partial charge in [-0.25, -0.2) is 0 Å². The van der Waals surface area contributed by atoms with Crippen LogP contribution in [0.2, 0.25) is 10.0 Å². The minimum absolute atomic E-state index is 0.0116. The second-order valence-corrected chi connectivity index (χ2v) is 16.5. The van der Waals surface area contributed by atoms with E-state index in [1.165, 1.54) is 11.8 Å². The maximum Gasteiger partial charge on any atom is 0.246 e. The molecule has 0 atom stereocenters. The summed E-state index contributed by atoms with van der Waals surface area (Å²) in [5.41, 5.74) is 6.90. The highest BCUT2D eigenvalue weighted by molar-refractivity contribution is 7.99. The Kier molecular flexibility index (Phi) is 11.7. The molecule has 2 fully saturated rings. The standard InChI is InChI=1S/C46H42Cl2N6O4S/c1-29(55)51-19-23-53(24-20-51)41(57)13-7-31-5-11-39(45(47)43(31)35-3-9-37-33(27-35)15-17-49-37)59-40-12-6-32(8-14-42(58)54-25-21-52(22-26-54)30(2)56)44(46(40)48)36-4-10-38-34(28-36)16-18-50-38/h3-18,27-28,49-50H,19-26H2,1-2H3/b13-7+,14-8+. The number of piperazine rings is 2. The summed E-state index contributed by atoms with van der Waals surface area (Å²) in [4.78, 5) is 65.4. The predicted octanol–water partition coefficient (Wildman–Crippen LogP) is 8.85. The van der Waals surface area contributed by atoms with E-state index in [1.807, 2.05) is 85.2 Å². The Morgan fingerprint density at radius 2 is 0.932 bits per heavy atom. The van der Waals surface area contributed by atoms with Gasteiger partial charge in [-0.15, -0.1) is 0 Å². The molecule has 0 spiro atoms. The fraction of sp³-hybridized carbons (Fsp3) is 0.217. The van der Waals surface area contributed by atoms with Gasteiger partial charge in [0.05, 0.1) is 10.0 Å². The fourth-order valence-electron chi connectivity index (χ4n) is 7.72. The minimum Gasteiger partial charge on any atom is -0.361 e. The molecule has 13 heteroatoms. The normalized spacial score (nSPS) is 15.0. The lowest BCUT2D eigenvalue weighted by Crippen LogP contribution is -2.49. The first-order valence-corrected chi connectivity index (χ1v) is 21.0. The van der Waals surface area contributed by atoms with Gasteiger partial charge >= 0.3 is 0 Å². The van der Waals surface area contributed by atoms with Crippen molar-refractivity contribution in [3.05, 3.63) is 119 Å². The molecule has 6 aromatic rings. The van der Waals surface area contributed by atoms with Crippen LogP contribution in [-0.2, 0) is 19.2 Å². The number of amides is 4. The molecule has 4 aromatic carbocycles. The molecule has 0 bridgehead atoms. The number of hydrogen-bond donors (Lipinski definition) is 2. The van der Waals surface area contributed by atoms with E-state index in [-0.39, 0.29) is 23.6 Å². The summed E-state index contributed by atoms with van der Waals surface area (Å²) >= 11 is 16.2. The molecule has 2 aliphatic rings. The van der Waals surface area contributed by atoms with E-state index in [4.69, 9.17) is 23.2 Å². The molecule has 2 aliphatic heterocycles. The fourth-order valence-corrected chi connectivity index (χ4v) is 9.40. The number of rotatable bonds is 8. The van der Waals surface area contributed by atoms with Gasteiger partial charge in [0, 0.05) is 123 Å². The molecule has 0 unspecified atom stereocenters. The van der Waals surface area contributed by atoms with Crippen LogP contribution in [0.1, 0.15) is 25.0 Å². The average Bonchev–Trinajstić information content (AvgIpc) is 3.93. The van der Waals surface area contributed by atoms with Crippen LogP contribution >= 0.6 is 35.0 Å². The van der Waals surface area contributed by atoms with Gasteiger partial charge in [0.15, 0.2) is 0 Å². The lowest BCUT2D eigenvalue weighted by molar-refractivity contribution is -0.135. The van der Waals surface area contributed by atoms with Crippen molar-refractivity contribution in [2.45, 2.75) is 23.6 Å². The van der Waals surface area contributed by atoms with Crippen LogP contribution in [0.4, 0.5) is 0 Å². The van der Waals surface area contributed by atoms with Gasteiger partial charge in [-0.3, -0.25) is 19.2 Å². The van der Waals surface area contributed by atoms with Gasteiger partial charge in [-0.05, 0) is 93.7 Å². The Bertz CT molecular complexity index is 2490. The van der Waals surface area contributed by atoms with Gasteiger partial charge < -0.3 is 29.6 Å². The van der Waals surface area contributed by atoms with Crippen molar-refractivity contribution in [3.63, 3.8) is 0 Å².